The minimum Gasteiger partial charge on any atom is -0.483 e. The molecule has 27 heteroatoms. The molecule has 0 spiro atoms. The van der Waals surface area contributed by atoms with Crippen molar-refractivity contribution in [2.45, 2.75) is 48.5 Å². The van der Waals surface area contributed by atoms with E-state index in [0.29, 0.717) is 48.1 Å². The number of benzene rings is 5. The van der Waals surface area contributed by atoms with Crippen LogP contribution < -0.4 is 27.0 Å². The first-order valence-corrected chi connectivity index (χ1v) is 27.9. The molecule has 7 N–H and O–H groups in total. The maximum Gasteiger partial charge on any atom is 0.317 e. The van der Waals surface area contributed by atoms with Gasteiger partial charge in [-0.05, 0) is 54.8 Å². The molecule has 5 aromatic rings. The van der Waals surface area contributed by atoms with E-state index in [9.17, 15) is 62.5 Å². The molecule has 78 heavy (non-hydrogen) atoms. The Hall–Kier alpha value is -6.65. The van der Waals surface area contributed by atoms with E-state index in [1.54, 1.807) is 30.3 Å². The average molecular weight is 1320 g/mol. The zero-order chi connectivity index (χ0) is 56.8. The second-order valence-corrected chi connectivity index (χ2v) is 22.1. The molecule has 0 saturated carbocycles. The second-order valence-electron chi connectivity index (χ2n) is 17.4. The van der Waals surface area contributed by atoms with Crippen molar-refractivity contribution in [3.05, 3.63) is 131 Å². The van der Waals surface area contributed by atoms with Crippen LogP contribution in [0.15, 0.2) is 119 Å². The number of hydrogen-bond acceptors (Lipinski definition) is 19. The first-order valence-electron chi connectivity index (χ1n) is 23.5. The number of carboxylic acids is 5. The smallest absolute Gasteiger partial charge is 0.317 e. The van der Waals surface area contributed by atoms with E-state index >= 15 is 0 Å². The number of aryl methyl sites for hydroxylation is 1. The van der Waals surface area contributed by atoms with E-state index in [1.165, 1.54) is 32.4 Å². The van der Waals surface area contributed by atoms with Gasteiger partial charge in [-0.1, -0.05) is 47.0 Å². The van der Waals surface area contributed by atoms with Gasteiger partial charge in [0.05, 0.1) is 49.7 Å². The van der Waals surface area contributed by atoms with Gasteiger partial charge in [-0.2, -0.15) is 0 Å². The van der Waals surface area contributed by atoms with Crippen molar-refractivity contribution in [3.8, 4) is 28.7 Å². The molecule has 420 valence electrons. The van der Waals surface area contributed by atoms with E-state index in [2.05, 4.69) is 5.04 Å². The van der Waals surface area contributed by atoms with Crippen molar-refractivity contribution in [1.29, 1.82) is 0 Å². The summed E-state index contributed by atoms with van der Waals surface area (Å²) in [5.74, 6) is -6.10. The molecular weight excluding hydrogens is 1260 g/mol. The Morgan fingerprint density at radius 3 is 1.60 bits per heavy atom. The fourth-order valence-electron chi connectivity index (χ4n) is 7.57. The van der Waals surface area contributed by atoms with Gasteiger partial charge in [0.1, 0.15) is 30.5 Å². The van der Waals surface area contributed by atoms with Gasteiger partial charge in [-0.15, -0.1) is 4.33 Å². The second kappa shape index (κ2) is 31.1. The summed E-state index contributed by atoms with van der Waals surface area (Å²) in [5.41, 5.74) is 3.30. The van der Waals surface area contributed by atoms with Gasteiger partial charge in [-0.25, -0.2) is 5.26 Å². The molecule has 2 unspecified atom stereocenters. The number of aliphatic carboxylic acids is 5. The van der Waals surface area contributed by atoms with Crippen molar-refractivity contribution in [1.82, 2.24) is 14.7 Å². The predicted octanol–water partition coefficient (Wildman–Crippen LogP) is 3.23. The molecule has 0 amide bonds. The molecule has 5 aromatic carbocycles. The number of carboxylic acid groups (broad SMARTS) is 5. The zero-order valence-corrected chi connectivity index (χ0v) is 47.9. The monoisotopic (exact) mass is 1320 g/mol. The fraction of sp³-hybridized carbons (Fsp3) is 0.314. The van der Waals surface area contributed by atoms with E-state index in [-0.39, 0.29) is 73.8 Å². The minimum absolute atomic E-state index is 0.0593. The molecule has 0 fully saturated rings. The van der Waals surface area contributed by atoms with Crippen LogP contribution in [-0.4, -0.2) is 191 Å². The van der Waals surface area contributed by atoms with Gasteiger partial charge < -0.3 is 39.7 Å². The summed E-state index contributed by atoms with van der Waals surface area (Å²) in [7, 11) is -4.89. The first-order chi connectivity index (χ1) is 37.1. The van der Waals surface area contributed by atoms with Crippen LogP contribution in [-0.2, 0) is 63.1 Å². The number of hydrogen-bond donors (Lipinski definition) is 7. The number of carbonyl (C=O) groups is 5. The van der Waals surface area contributed by atoms with E-state index < -0.39 is 96.3 Å². The molecule has 0 aliphatic carbocycles. The van der Waals surface area contributed by atoms with Crippen LogP contribution in [0.3, 0.4) is 0 Å². The van der Waals surface area contributed by atoms with Crippen molar-refractivity contribution < 1.29 is 101 Å². The SMILES string of the molecule is Cc1ccc(COc2ccc(OCC(COc3ccc(OCc4cc[c]([BiH2])cc4)cc3S(=O)(=O)O)Oc3ccc(CC(CN(CCN(CC(=O)O)CC(=O)O)CC(=O)O)N(CC(=O)O)CC(=O)O)cc3)c(SOOO)c2)cc1. The van der Waals surface area contributed by atoms with Gasteiger partial charge in [0.2, 0.25) is 0 Å². The third kappa shape index (κ3) is 22.4. The minimum atomic E-state index is -4.89. The molecule has 0 aliphatic heterocycles. The zero-order valence-electron chi connectivity index (χ0n) is 41.8. The van der Waals surface area contributed by atoms with Crippen molar-refractivity contribution in [2.24, 2.45) is 0 Å². The number of nitrogens with zero attached hydrogens (tertiary/aromatic N) is 3. The molecule has 0 aliphatic rings. The van der Waals surface area contributed by atoms with E-state index in [4.69, 9.17) is 33.3 Å². The number of rotatable bonds is 36. The van der Waals surface area contributed by atoms with Crippen LogP contribution in [0.2, 0.25) is 0 Å². The van der Waals surface area contributed by atoms with E-state index in [0.717, 1.165) is 32.6 Å². The Labute approximate surface area is 467 Å². The predicted molar refractivity (Wildman–Crippen MR) is 280 cm³/mol. The Morgan fingerprint density at radius 2 is 1.06 bits per heavy atom. The van der Waals surface area contributed by atoms with Crippen LogP contribution in [0.5, 0.6) is 28.7 Å². The van der Waals surface area contributed by atoms with Crippen LogP contribution in [0, 0.1) is 6.92 Å². The molecule has 0 heterocycles. The summed E-state index contributed by atoms with van der Waals surface area (Å²) in [4.78, 5) is 62.2. The first kappa shape index (κ1) is 62.2. The van der Waals surface area contributed by atoms with Crippen molar-refractivity contribution in [2.75, 3.05) is 65.6 Å². The summed E-state index contributed by atoms with van der Waals surface area (Å²) < 4.78 is 72.1. The molecule has 5 rings (SSSR count). The summed E-state index contributed by atoms with van der Waals surface area (Å²) in [5, 5.41) is 60.9. The third-order valence-corrected chi connectivity index (χ3v) is 14.2. The topological polar surface area (TPSA) is 335 Å². The Bertz CT molecular complexity index is 2870. The Kier molecular flexibility index (Phi) is 24.8. The summed E-state index contributed by atoms with van der Waals surface area (Å²) in [6.45, 7) is -2.63. The maximum atomic E-state index is 12.7. The quantitative estimate of drug-likeness (QED) is 0.00995. The van der Waals surface area contributed by atoms with E-state index in [1.807, 2.05) is 55.5 Å². The largest absolute Gasteiger partial charge is 0.483 e. The van der Waals surface area contributed by atoms with Gasteiger partial charge >= 0.3 is 168 Å². The number of ether oxygens (including phenoxy) is 5. The van der Waals surface area contributed by atoms with Gasteiger partial charge in [0.25, 0.3) is 0 Å². The fourth-order valence-corrected chi connectivity index (χ4v) is 9.44. The molecular formula is C51H58BiN3O21S2. The average Bonchev–Trinajstić information content (AvgIpc) is 3.37. The summed E-state index contributed by atoms with van der Waals surface area (Å²) >= 11 is 1.23. The van der Waals surface area contributed by atoms with Gasteiger partial charge in [0.15, 0.2) is 6.10 Å². The summed E-state index contributed by atoms with van der Waals surface area (Å²) in [6.07, 6.45) is -1.15. The molecule has 0 saturated heterocycles. The van der Waals surface area contributed by atoms with Crippen LogP contribution in [0.1, 0.15) is 22.3 Å². The van der Waals surface area contributed by atoms with Crippen LogP contribution >= 0.6 is 12.0 Å². The summed E-state index contributed by atoms with van der Waals surface area (Å²) in [6, 6.07) is 29.3. The third-order valence-electron chi connectivity index (χ3n) is 11.2. The van der Waals surface area contributed by atoms with Crippen molar-refractivity contribution in [3.63, 3.8) is 0 Å². The van der Waals surface area contributed by atoms with Gasteiger partial charge in [-0.3, -0.25) is 38.7 Å². The standard InChI is InChI=1S/C51H56N3O21S2.Bi.2H/c1-34-7-9-37(10-8-34)31-69-40-15-17-43(45(22-40)76-75-74-65)71-32-42(33-72-44-18-16-41(23-46(44)77(66,67)68)70-30-36-5-3-2-4-6-36)73-39-13-11-35(12-14-39)21-38(54(28-50(61)62)29-51(63)64)24-52(25-47(55)56)19-20-53(26-48(57)58)27-49(59)60;;;/h3-18,22-23,38,42,65H,19-21,24-33H2,1H3,(H,55,56)(H,57,58)(H,59,60)(H,61,62)(H,63,64)(H,66,67,68);;;. The Balaban J connectivity index is 1.42. The maximum absolute atomic E-state index is 12.7. The molecule has 0 radical (unpaired) electrons. The van der Waals surface area contributed by atoms with Gasteiger partial charge in [0, 0.05) is 25.7 Å². The normalized spacial score (nSPS) is 12.2. The molecule has 2 atom stereocenters. The molecule has 0 aromatic heterocycles. The Morgan fingerprint density at radius 1 is 0.590 bits per heavy atom. The van der Waals surface area contributed by atoms with Crippen LogP contribution in [0.25, 0.3) is 0 Å². The molecule has 0 bridgehead atoms. The van der Waals surface area contributed by atoms with Crippen molar-refractivity contribution >= 4 is 80.0 Å². The van der Waals surface area contributed by atoms with Crippen LogP contribution in [0.4, 0.5) is 0 Å². The molecule has 24 nitrogen and oxygen atoms in total.